The van der Waals surface area contributed by atoms with Gasteiger partial charge in [-0.05, 0) is 50.1 Å². The van der Waals surface area contributed by atoms with E-state index >= 15 is 0 Å². The summed E-state index contributed by atoms with van der Waals surface area (Å²) in [6, 6.07) is 8.43. The van der Waals surface area contributed by atoms with E-state index in [9.17, 15) is 0 Å². The molecule has 0 spiro atoms. The molecule has 6 heteroatoms. The number of rotatable bonds is 6. The van der Waals surface area contributed by atoms with Gasteiger partial charge in [0.1, 0.15) is 23.9 Å². The second-order valence-electron chi connectivity index (χ2n) is 6.87. The summed E-state index contributed by atoms with van der Waals surface area (Å²) in [7, 11) is 4.00. The summed E-state index contributed by atoms with van der Waals surface area (Å²) in [6.45, 7) is 2.89. The van der Waals surface area contributed by atoms with Crippen molar-refractivity contribution >= 4 is 11.5 Å². The molecule has 0 amide bonds. The van der Waals surface area contributed by atoms with Crippen molar-refractivity contribution in [3.63, 3.8) is 0 Å². The number of hydrogen-bond acceptors (Lipinski definition) is 6. The van der Waals surface area contributed by atoms with E-state index in [4.69, 9.17) is 9.52 Å². The fourth-order valence-corrected chi connectivity index (χ4v) is 3.24. The maximum Gasteiger partial charge on any atom is 0.129 e. The van der Waals surface area contributed by atoms with Crippen LogP contribution in [-0.2, 0) is 13.2 Å². The SMILES string of the molecule is CN(C)c1ccc(N[C@@H]2CCCN(Cc3ccc(CO)o3)CC2)cn1. The number of pyridine rings is 1. The molecule has 0 saturated carbocycles. The van der Waals surface area contributed by atoms with Crippen LogP contribution < -0.4 is 10.2 Å². The Balaban J connectivity index is 1.50. The van der Waals surface area contributed by atoms with E-state index in [2.05, 4.69) is 21.3 Å². The summed E-state index contributed by atoms with van der Waals surface area (Å²) in [5.41, 5.74) is 1.09. The minimum Gasteiger partial charge on any atom is -0.462 e. The first-order chi connectivity index (χ1) is 12.1. The third kappa shape index (κ3) is 4.96. The molecule has 1 fully saturated rings. The molecule has 3 rings (SSSR count). The minimum atomic E-state index is -0.0351. The molecule has 1 atom stereocenters. The van der Waals surface area contributed by atoms with Crippen molar-refractivity contribution in [3.05, 3.63) is 42.0 Å². The molecule has 0 bridgehead atoms. The van der Waals surface area contributed by atoms with Gasteiger partial charge >= 0.3 is 0 Å². The van der Waals surface area contributed by atoms with Gasteiger partial charge in [-0.2, -0.15) is 0 Å². The number of furan rings is 1. The number of aromatic nitrogens is 1. The standard InChI is InChI=1S/C19H28N4O2/c1-22(2)19-8-5-16(12-20-19)21-15-4-3-10-23(11-9-15)13-17-6-7-18(14-24)25-17/h5-8,12,15,21,24H,3-4,9-11,13-14H2,1-2H3/t15-/m1/s1. The summed E-state index contributed by atoms with van der Waals surface area (Å²) in [6.07, 6.45) is 5.33. The van der Waals surface area contributed by atoms with Gasteiger partial charge in [-0.15, -0.1) is 0 Å². The van der Waals surface area contributed by atoms with Crippen LogP contribution in [0.4, 0.5) is 11.5 Å². The molecule has 1 aliphatic heterocycles. The number of aliphatic hydroxyl groups excluding tert-OH is 1. The molecule has 3 heterocycles. The first kappa shape index (κ1) is 17.8. The lowest BCUT2D eigenvalue weighted by Gasteiger charge is -2.20. The van der Waals surface area contributed by atoms with E-state index in [0.29, 0.717) is 11.8 Å². The highest BCUT2D eigenvalue weighted by Gasteiger charge is 2.18. The predicted octanol–water partition coefficient (Wildman–Crippen LogP) is 2.70. The van der Waals surface area contributed by atoms with Crippen LogP contribution in [-0.4, -0.2) is 48.2 Å². The van der Waals surface area contributed by atoms with Gasteiger partial charge in [-0.25, -0.2) is 4.98 Å². The first-order valence-corrected chi connectivity index (χ1v) is 8.95. The van der Waals surface area contributed by atoms with Gasteiger partial charge in [0.25, 0.3) is 0 Å². The summed E-state index contributed by atoms with van der Waals surface area (Å²) < 4.78 is 5.61. The van der Waals surface area contributed by atoms with Crippen molar-refractivity contribution in [1.82, 2.24) is 9.88 Å². The summed E-state index contributed by atoms with van der Waals surface area (Å²) in [4.78, 5) is 8.90. The van der Waals surface area contributed by atoms with Crippen molar-refractivity contribution in [1.29, 1.82) is 0 Å². The van der Waals surface area contributed by atoms with Gasteiger partial charge in [0, 0.05) is 26.7 Å². The van der Waals surface area contributed by atoms with Gasteiger partial charge in [-0.1, -0.05) is 0 Å². The Morgan fingerprint density at radius 3 is 2.72 bits per heavy atom. The Bertz CT molecular complexity index is 654. The molecule has 2 aromatic rings. The van der Waals surface area contributed by atoms with Crippen LogP contribution in [0.15, 0.2) is 34.9 Å². The van der Waals surface area contributed by atoms with E-state index in [1.54, 1.807) is 0 Å². The monoisotopic (exact) mass is 344 g/mol. The number of aliphatic hydroxyl groups is 1. The molecule has 0 aromatic carbocycles. The van der Waals surface area contributed by atoms with Crippen LogP contribution in [0.3, 0.4) is 0 Å². The molecule has 25 heavy (non-hydrogen) atoms. The zero-order valence-corrected chi connectivity index (χ0v) is 15.1. The van der Waals surface area contributed by atoms with Gasteiger partial charge in [0.2, 0.25) is 0 Å². The number of likely N-dealkylation sites (tertiary alicyclic amines) is 1. The Morgan fingerprint density at radius 1 is 1.20 bits per heavy atom. The van der Waals surface area contributed by atoms with Crippen LogP contribution in [0.2, 0.25) is 0 Å². The maximum atomic E-state index is 9.10. The van der Waals surface area contributed by atoms with Gasteiger partial charge in [-0.3, -0.25) is 4.90 Å². The summed E-state index contributed by atoms with van der Waals surface area (Å²) >= 11 is 0. The molecular formula is C19H28N4O2. The Kier molecular flexibility index (Phi) is 5.94. The fourth-order valence-electron chi connectivity index (χ4n) is 3.24. The zero-order valence-electron chi connectivity index (χ0n) is 15.1. The zero-order chi connectivity index (χ0) is 17.6. The van der Waals surface area contributed by atoms with Crippen molar-refractivity contribution in [2.45, 2.75) is 38.5 Å². The average molecular weight is 344 g/mol. The number of nitrogens with zero attached hydrogens (tertiary/aromatic N) is 3. The van der Waals surface area contributed by atoms with Crippen LogP contribution in [0.1, 0.15) is 30.8 Å². The molecule has 6 nitrogen and oxygen atoms in total. The molecule has 2 aromatic heterocycles. The fraction of sp³-hybridized carbons (Fsp3) is 0.526. The highest BCUT2D eigenvalue weighted by molar-refractivity contribution is 5.48. The van der Waals surface area contributed by atoms with Crippen LogP contribution in [0.25, 0.3) is 0 Å². The highest BCUT2D eigenvalue weighted by Crippen LogP contribution is 2.20. The Hall–Kier alpha value is -2.05. The minimum absolute atomic E-state index is 0.0351. The molecule has 0 aliphatic carbocycles. The molecular weight excluding hydrogens is 316 g/mol. The normalized spacial score (nSPS) is 18.8. The predicted molar refractivity (Wildman–Crippen MR) is 99.7 cm³/mol. The molecule has 0 radical (unpaired) electrons. The van der Waals surface area contributed by atoms with Gasteiger partial charge in [0.05, 0.1) is 18.4 Å². The summed E-state index contributed by atoms with van der Waals surface area (Å²) in [5, 5.41) is 12.7. The third-order valence-electron chi connectivity index (χ3n) is 4.65. The molecule has 1 saturated heterocycles. The lowest BCUT2D eigenvalue weighted by atomic mass is 10.1. The molecule has 0 unspecified atom stereocenters. The first-order valence-electron chi connectivity index (χ1n) is 8.95. The number of anilines is 2. The molecule has 1 aliphatic rings. The smallest absolute Gasteiger partial charge is 0.129 e. The van der Waals surface area contributed by atoms with E-state index in [1.165, 1.54) is 0 Å². The quantitative estimate of drug-likeness (QED) is 0.840. The second kappa shape index (κ2) is 8.36. The van der Waals surface area contributed by atoms with Crippen LogP contribution in [0.5, 0.6) is 0 Å². The lowest BCUT2D eigenvalue weighted by molar-refractivity contribution is 0.222. The maximum absolute atomic E-state index is 9.10. The highest BCUT2D eigenvalue weighted by atomic mass is 16.4. The topological polar surface area (TPSA) is 64.8 Å². The Labute approximate surface area is 149 Å². The average Bonchev–Trinajstić information content (AvgIpc) is 2.96. The molecule has 2 N–H and O–H groups in total. The summed E-state index contributed by atoms with van der Waals surface area (Å²) in [5.74, 6) is 2.54. The van der Waals surface area contributed by atoms with Crippen molar-refractivity contribution in [2.24, 2.45) is 0 Å². The van der Waals surface area contributed by atoms with Crippen molar-refractivity contribution in [3.8, 4) is 0 Å². The van der Waals surface area contributed by atoms with E-state index in [1.807, 2.05) is 43.4 Å². The van der Waals surface area contributed by atoms with Gasteiger partial charge < -0.3 is 19.7 Å². The van der Waals surface area contributed by atoms with Crippen molar-refractivity contribution in [2.75, 3.05) is 37.4 Å². The number of hydrogen-bond donors (Lipinski definition) is 2. The van der Waals surface area contributed by atoms with Crippen LogP contribution >= 0.6 is 0 Å². The van der Waals surface area contributed by atoms with E-state index < -0.39 is 0 Å². The lowest BCUT2D eigenvalue weighted by Crippen LogP contribution is -2.26. The van der Waals surface area contributed by atoms with E-state index in [-0.39, 0.29) is 6.61 Å². The van der Waals surface area contributed by atoms with Crippen LogP contribution in [0, 0.1) is 0 Å². The Morgan fingerprint density at radius 2 is 2.04 bits per heavy atom. The molecule has 136 valence electrons. The van der Waals surface area contributed by atoms with E-state index in [0.717, 1.165) is 56.2 Å². The largest absolute Gasteiger partial charge is 0.462 e. The van der Waals surface area contributed by atoms with Crippen molar-refractivity contribution < 1.29 is 9.52 Å². The van der Waals surface area contributed by atoms with Gasteiger partial charge in [0.15, 0.2) is 0 Å². The third-order valence-corrected chi connectivity index (χ3v) is 4.65. The number of nitrogens with one attached hydrogen (secondary N) is 1. The second-order valence-corrected chi connectivity index (χ2v) is 6.87.